The fraction of sp³-hybridized carbons (Fsp3) is 0.400. The molecule has 20 heavy (non-hydrogen) atoms. The summed E-state index contributed by atoms with van der Waals surface area (Å²) in [4.78, 5) is 0. The van der Waals surface area contributed by atoms with E-state index in [1.807, 2.05) is 18.2 Å². The summed E-state index contributed by atoms with van der Waals surface area (Å²) in [5, 5.41) is 4.09. The van der Waals surface area contributed by atoms with Gasteiger partial charge in [0.1, 0.15) is 29.1 Å². The number of hydrogen-bond acceptors (Lipinski definition) is 5. The number of benzene rings is 1. The van der Waals surface area contributed by atoms with Gasteiger partial charge in [-0.15, -0.1) is 0 Å². The maximum absolute atomic E-state index is 5.79. The van der Waals surface area contributed by atoms with E-state index >= 15 is 0 Å². The van der Waals surface area contributed by atoms with Crippen LogP contribution in [0.3, 0.4) is 0 Å². The summed E-state index contributed by atoms with van der Waals surface area (Å²) in [6.45, 7) is 2.60. The van der Waals surface area contributed by atoms with Gasteiger partial charge in [0.25, 0.3) is 0 Å². The highest BCUT2D eigenvalue weighted by atomic mass is 16.5. The number of fused-ring (bicyclic) bond motifs is 1. The smallest absolute Gasteiger partial charge is 0.138 e. The Hall–Kier alpha value is -2.01. The molecular weight excluding hydrogens is 256 g/mol. The van der Waals surface area contributed by atoms with Crippen LogP contribution in [0.2, 0.25) is 0 Å². The SMILES string of the molecule is COc1cc2c(cc1-c1cc(CCN)on1)OC(C)C2. The molecule has 0 saturated carbocycles. The van der Waals surface area contributed by atoms with E-state index in [-0.39, 0.29) is 6.10 Å². The van der Waals surface area contributed by atoms with E-state index in [1.54, 1.807) is 7.11 Å². The van der Waals surface area contributed by atoms with Crippen molar-refractivity contribution < 1.29 is 14.0 Å². The molecule has 1 aromatic heterocycles. The predicted molar refractivity (Wildman–Crippen MR) is 75.0 cm³/mol. The summed E-state index contributed by atoms with van der Waals surface area (Å²) in [6.07, 6.45) is 1.78. The number of hydrogen-bond donors (Lipinski definition) is 1. The lowest BCUT2D eigenvalue weighted by Crippen LogP contribution is -2.05. The van der Waals surface area contributed by atoms with E-state index in [4.69, 9.17) is 19.7 Å². The minimum Gasteiger partial charge on any atom is -0.496 e. The van der Waals surface area contributed by atoms with Gasteiger partial charge in [0, 0.05) is 30.0 Å². The molecule has 0 spiro atoms. The zero-order valence-corrected chi connectivity index (χ0v) is 11.7. The summed E-state index contributed by atoms with van der Waals surface area (Å²) >= 11 is 0. The van der Waals surface area contributed by atoms with Crippen molar-refractivity contribution in [1.82, 2.24) is 5.16 Å². The largest absolute Gasteiger partial charge is 0.496 e. The summed E-state index contributed by atoms with van der Waals surface area (Å²) in [5.74, 6) is 2.46. The molecule has 1 aliphatic heterocycles. The van der Waals surface area contributed by atoms with E-state index in [0.717, 1.165) is 34.9 Å². The van der Waals surface area contributed by atoms with E-state index in [0.29, 0.717) is 13.0 Å². The van der Waals surface area contributed by atoms with Gasteiger partial charge < -0.3 is 19.7 Å². The lowest BCUT2D eigenvalue weighted by Gasteiger charge is -2.08. The second-order valence-corrected chi connectivity index (χ2v) is 5.01. The molecule has 5 nitrogen and oxygen atoms in total. The van der Waals surface area contributed by atoms with E-state index in [1.165, 1.54) is 5.56 Å². The first-order valence-corrected chi connectivity index (χ1v) is 6.75. The third kappa shape index (κ3) is 2.25. The van der Waals surface area contributed by atoms with Crippen LogP contribution in [0.25, 0.3) is 11.3 Å². The Morgan fingerprint density at radius 2 is 2.25 bits per heavy atom. The number of rotatable bonds is 4. The fourth-order valence-electron chi connectivity index (χ4n) is 2.51. The molecule has 1 aliphatic rings. The third-order valence-electron chi connectivity index (χ3n) is 3.44. The Morgan fingerprint density at radius 3 is 3.00 bits per heavy atom. The molecule has 1 aromatic carbocycles. The molecule has 106 valence electrons. The van der Waals surface area contributed by atoms with Crippen LogP contribution in [0.15, 0.2) is 22.7 Å². The van der Waals surface area contributed by atoms with E-state index in [9.17, 15) is 0 Å². The second-order valence-electron chi connectivity index (χ2n) is 5.01. The minimum atomic E-state index is 0.204. The number of aromatic nitrogens is 1. The number of nitrogens with zero attached hydrogens (tertiary/aromatic N) is 1. The quantitative estimate of drug-likeness (QED) is 0.925. The summed E-state index contributed by atoms with van der Waals surface area (Å²) in [5.41, 5.74) is 8.32. The topological polar surface area (TPSA) is 70.5 Å². The second kappa shape index (κ2) is 5.17. The zero-order chi connectivity index (χ0) is 14.1. The predicted octanol–water partition coefficient (Wildman–Crippen LogP) is 2.17. The molecule has 2 heterocycles. The molecule has 2 aromatic rings. The van der Waals surface area contributed by atoms with E-state index in [2.05, 4.69) is 12.1 Å². The first-order valence-electron chi connectivity index (χ1n) is 6.75. The molecule has 0 aliphatic carbocycles. The molecule has 2 N–H and O–H groups in total. The molecule has 3 rings (SSSR count). The average Bonchev–Trinajstić information content (AvgIpc) is 3.02. The fourth-order valence-corrected chi connectivity index (χ4v) is 2.51. The van der Waals surface area contributed by atoms with Gasteiger partial charge in [-0.2, -0.15) is 0 Å². The monoisotopic (exact) mass is 274 g/mol. The maximum atomic E-state index is 5.79. The van der Waals surface area contributed by atoms with E-state index < -0.39 is 0 Å². The normalized spacial score (nSPS) is 16.9. The Morgan fingerprint density at radius 1 is 1.40 bits per heavy atom. The van der Waals surface area contributed by atoms with Crippen LogP contribution in [0.5, 0.6) is 11.5 Å². The molecule has 1 atom stereocenters. The van der Waals surface area contributed by atoms with Gasteiger partial charge in [0.15, 0.2) is 0 Å². The van der Waals surface area contributed by atoms with Crippen molar-refractivity contribution in [2.45, 2.75) is 25.9 Å². The highest BCUT2D eigenvalue weighted by molar-refractivity contribution is 5.71. The average molecular weight is 274 g/mol. The highest BCUT2D eigenvalue weighted by Gasteiger charge is 2.23. The van der Waals surface area contributed by atoms with Gasteiger partial charge in [0.2, 0.25) is 0 Å². The van der Waals surface area contributed by atoms with Gasteiger partial charge in [-0.3, -0.25) is 0 Å². The summed E-state index contributed by atoms with van der Waals surface area (Å²) < 4.78 is 16.5. The standard InChI is InChI=1S/C15H18N2O3/c1-9-5-10-6-15(18-2)12(8-14(10)19-9)13-7-11(3-4-16)20-17-13/h6-9H,3-5,16H2,1-2H3. The summed E-state index contributed by atoms with van der Waals surface area (Å²) in [6, 6.07) is 5.89. The van der Waals surface area contributed by atoms with Crippen molar-refractivity contribution in [2.75, 3.05) is 13.7 Å². The van der Waals surface area contributed by atoms with Crippen molar-refractivity contribution in [1.29, 1.82) is 0 Å². The van der Waals surface area contributed by atoms with Crippen LogP contribution >= 0.6 is 0 Å². The molecule has 5 heteroatoms. The Kier molecular flexibility index (Phi) is 3.36. The van der Waals surface area contributed by atoms with Crippen molar-refractivity contribution in [3.63, 3.8) is 0 Å². The minimum absolute atomic E-state index is 0.204. The van der Waals surface area contributed by atoms with Gasteiger partial charge in [0.05, 0.1) is 7.11 Å². The molecule has 0 bridgehead atoms. The molecule has 0 fully saturated rings. The third-order valence-corrected chi connectivity index (χ3v) is 3.44. The van der Waals surface area contributed by atoms with Gasteiger partial charge in [-0.25, -0.2) is 0 Å². The number of nitrogens with two attached hydrogens (primary N) is 1. The first-order chi connectivity index (χ1) is 9.71. The van der Waals surface area contributed by atoms with Crippen LogP contribution in [0.4, 0.5) is 0 Å². The number of ether oxygens (including phenoxy) is 2. The molecule has 0 amide bonds. The Bertz CT molecular complexity index is 622. The van der Waals surface area contributed by atoms with Gasteiger partial charge >= 0.3 is 0 Å². The Labute approximate surface area is 117 Å². The lowest BCUT2D eigenvalue weighted by molar-refractivity contribution is 0.254. The van der Waals surface area contributed by atoms with Crippen LogP contribution in [-0.2, 0) is 12.8 Å². The van der Waals surface area contributed by atoms with Crippen LogP contribution < -0.4 is 15.2 Å². The van der Waals surface area contributed by atoms with Crippen molar-refractivity contribution >= 4 is 0 Å². The van der Waals surface area contributed by atoms with Crippen molar-refractivity contribution in [3.05, 3.63) is 29.5 Å². The van der Waals surface area contributed by atoms with Crippen molar-refractivity contribution in [2.24, 2.45) is 5.73 Å². The van der Waals surface area contributed by atoms with Crippen LogP contribution in [0, 0.1) is 0 Å². The number of methoxy groups -OCH3 is 1. The molecule has 0 radical (unpaired) electrons. The van der Waals surface area contributed by atoms with Gasteiger partial charge in [-0.1, -0.05) is 5.16 Å². The van der Waals surface area contributed by atoms with Crippen molar-refractivity contribution in [3.8, 4) is 22.8 Å². The highest BCUT2D eigenvalue weighted by Crippen LogP contribution is 2.39. The maximum Gasteiger partial charge on any atom is 0.138 e. The van der Waals surface area contributed by atoms with Crippen LogP contribution in [0.1, 0.15) is 18.2 Å². The molecular formula is C15H18N2O3. The Balaban J connectivity index is 2.01. The van der Waals surface area contributed by atoms with Gasteiger partial charge in [-0.05, 0) is 25.6 Å². The van der Waals surface area contributed by atoms with Crippen LogP contribution in [-0.4, -0.2) is 24.9 Å². The molecule has 0 saturated heterocycles. The molecule has 1 unspecified atom stereocenters. The first kappa shape index (κ1) is 13.0. The summed E-state index contributed by atoms with van der Waals surface area (Å²) in [7, 11) is 1.66. The zero-order valence-electron chi connectivity index (χ0n) is 11.7. The lowest BCUT2D eigenvalue weighted by atomic mass is 10.0.